The van der Waals surface area contributed by atoms with Gasteiger partial charge in [0, 0.05) is 12.2 Å². The van der Waals surface area contributed by atoms with Gasteiger partial charge in [0.15, 0.2) is 0 Å². The largest absolute Gasteiger partial charge is 0.311 e. The fourth-order valence-electron chi connectivity index (χ4n) is 1.67. The SMILES string of the molecule is O=C(CI)N1CCc2ccccc21. The van der Waals surface area contributed by atoms with Crippen molar-refractivity contribution in [1.82, 2.24) is 0 Å². The molecule has 0 saturated heterocycles. The highest BCUT2D eigenvalue weighted by Gasteiger charge is 2.22. The molecule has 0 N–H and O–H groups in total. The Morgan fingerprint density at radius 2 is 2.23 bits per heavy atom. The van der Waals surface area contributed by atoms with E-state index in [0.29, 0.717) is 4.43 Å². The fourth-order valence-corrected chi connectivity index (χ4v) is 2.08. The van der Waals surface area contributed by atoms with E-state index in [-0.39, 0.29) is 5.91 Å². The summed E-state index contributed by atoms with van der Waals surface area (Å²) in [6.07, 6.45) is 0.999. The van der Waals surface area contributed by atoms with E-state index in [0.717, 1.165) is 18.7 Å². The van der Waals surface area contributed by atoms with E-state index in [1.807, 2.05) is 23.1 Å². The summed E-state index contributed by atoms with van der Waals surface area (Å²) in [4.78, 5) is 13.4. The molecule has 2 rings (SSSR count). The minimum absolute atomic E-state index is 0.213. The van der Waals surface area contributed by atoms with Crippen LogP contribution in [0.5, 0.6) is 0 Å². The number of carbonyl (C=O) groups is 1. The van der Waals surface area contributed by atoms with Gasteiger partial charge in [0.1, 0.15) is 0 Å². The molecule has 0 bridgehead atoms. The first kappa shape index (κ1) is 8.99. The van der Waals surface area contributed by atoms with Gasteiger partial charge in [-0.15, -0.1) is 0 Å². The van der Waals surface area contributed by atoms with Gasteiger partial charge in [-0.25, -0.2) is 0 Å². The molecule has 0 aliphatic carbocycles. The van der Waals surface area contributed by atoms with Gasteiger partial charge in [-0.3, -0.25) is 4.79 Å². The van der Waals surface area contributed by atoms with Gasteiger partial charge in [-0.1, -0.05) is 40.8 Å². The molecule has 3 heteroatoms. The first-order valence-corrected chi connectivity index (χ1v) is 5.79. The van der Waals surface area contributed by atoms with Crippen molar-refractivity contribution in [1.29, 1.82) is 0 Å². The monoisotopic (exact) mass is 287 g/mol. The van der Waals surface area contributed by atoms with Gasteiger partial charge >= 0.3 is 0 Å². The van der Waals surface area contributed by atoms with Crippen LogP contribution in [0, 0.1) is 0 Å². The Morgan fingerprint density at radius 1 is 1.46 bits per heavy atom. The predicted molar refractivity (Wildman–Crippen MR) is 61.4 cm³/mol. The molecular weight excluding hydrogens is 277 g/mol. The zero-order valence-electron chi connectivity index (χ0n) is 7.16. The fraction of sp³-hybridized carbons (Fsp3) is 0.300. The number of halogens is 1. The highest BCUT2D eigenvalue weighted by molar-refractivity contribution is 14.1. The molecule has 0 saturated carbocycles. The minimum Gasteiger partial charge on any atom is -0.311 e. The molecule has 2 nitrogen and oxygen atoms in total. The topological polar surface area (TPSA) is 20.3 Å². The number of rotatable bonds is 1. The second kappa shape index (κ2) is 3.65. The first-order valence-electron chi connectivity index (χ1n) is 4.27. The van der Waals surface area contributed by atoms with Crippen molar-refractivity contribution < 1.29 is 4.79 Å². The molecule has 1 amide bonds. The summed E-state index contributed by atoms with van der Waals surface area (Å²) < 4.78 is 0.562. The molecule has 0 unspecified atom stereocenters. The molecule has 1 aliphatic heterocycles. The lowest BCUT2D eigenvalue weighted by Gasteiger charge is -2.15. The Balaban J connectivity index is 2.33. The van der Waals surface area contributed by atoms with Crippen LogP contribution in [0.25, 0.3) is 0 Å². The van der Waals surface area contributed by atoms with Crippen molar-refractivity contribution >= 4 is 34.2 Å². The maximum Gasteiger partial charge on any atom is 0.236 e. The molecule has 13 heavy (non-hydrogen) atoms. The summed E-state index contributed by atoms with van der Waals surface area (Å²) in [5.74, 6) is 0.213. The number of anilines is 1. The Labute approximate surface area is 91.1 Å². The second-order valence-electron chi connectivity index (χ2n) is 3.06. The quantitative estimate of drug-likeness (QED) is 0.571. The van der Waals surface area contributed by atoms with Gasteiger partial charge in [0.25, 0.3) is 0 Å². The van der Waals surface area contributed by atoms with E-state index < -0.39 is 0 Å². The Hall–Kier alpha value is -0.580. The second-order valence-corrected chi connectivity index (χ2v) is 3.82. The van der Waals surface area contributed by atoms with E-state index in [1.165, 1.54) is 5.56 Å². The number of para-hydroxylation sites is 1. The summed E-state index contributed by atoms with van der Waals surface area (Å²) in [7, 11) is 0. The number of hydrogen-bond donors (Lipinski definition) is 0. The van der Waals surface area contributed by atoms with Gasteiger partial charge in [0.2, 0.25) is 5.91 Å². The van der Waals surface area contributed by atoms with Crippen LogP contribution in [-0.2, 0) is 11.2 Å². The van der Waals surface area contributed by atoms with Crippen molar-refractivity contribution in [2.24, 2.45) is 0 Å². The number of nitrogens with zero attached hydrogens (tertiary/aromatic N) is 1. The lowest BCUT2D eigenvalue weighted by atomic mass is 10.2. The molecule has 1 aromatic rings. The first-order chi connectivity index (χ1) is 6.33. The van der Waals surface area contributed by atoms with Crippen LogP contribution >= 0.6 is 22.6 Å². The molecule has 0 atom stereocenters. The number of carbonyl (C=O) groups excluding carboxylic acids is 1. The summed E-state index contributed by atoms with van der Waals surface area (Å²) >= 11 is 2.11. The van der Waals surface area contributed by atoms with Crippen LogP contribution < -0.4 is 4.90 Å². The van der Waals surface area contributed by atoms with E-state index in [1.54, 1.807) is 0 Å². The summed E-state index contributed by atoms with van der Waals surface area (Å²) in [6, 6.07) is 8.12. The number of alkyl halides is 1. The number of fused-ring (bicyclic) bond motifs is 1. The van der Waals surface area contributed by atoms with E-state index in [4.69, 9.17) is 0 Å². The van der Waals surface area contributed by atoms with Crippen LogP contribution in [0.2, 0.25) is 0 Å². The van der Waals surface area contributed by atoms with Crippen molar-refractivity contribution in [3.63, 3.8) is 0 Å². The van der Waals surface area contributed by atoms with Crippen molar-refractivity contribution in [2.75, 3.05) is 15.9 Å². The Kier molecular flexibility index (Phi) is 2.53. The molecule has 1 aromatic carbocycles. The third-order valence-corrected chi connectivity index (χ3v) is 2.96. The lowest BCUT2D eigenvalue weighted by Crippen LogP contribution is -2.29. The smallest absolute Gasteiger partial charge is 0.236 e. The summed E-state index contributed by atoms with van der Waals surface area (Å²) in [6.45, 7) is 0.848. The molecule has 1 aliphatic rings. The highest BCUT2D eigenvalue weighted by Crippen LogP contribution is 2.27. The van der Waals surface area contributed by atoms with Crippen LogP contribution in [0.3, 0.4) is 0 Å². The third kappa shape index (κ3) is 1.57. The molecule has 0 aromatic heterocycles. The van der Waals surface area contributed by atoms with Crippen LogP contribution in [0.4, 0.5) is 5.69 Å². The zero-order chi connectivity index (χ0) is 9.26. The number of amides is 1. The van der Waals surface area contributed by atoms with Crippen LogP contribution in [0.15, 0.2) is 24.3 Å². The average Bonchev–Trinajstić information content (AvgIpc) is 2.60. The molecule has 1 heterocycles. The van der Waals surface area contributed by atoms with Crippen molar-refractivity contribution in [3.05, 3.63) is 29.8 Å². The Morgan fingerprint density at radius 3 is 3.00 bits per heavy atom. The highest BCUT2D eigenvalue weighted by atomic mass is 127. The number of benzene rings is 1. The normalized spacial score (nSPS) is 14.4. The third-order valence-electron chi connectivity index (χ3n) is 2.30. The molecule has 0 spiro atoms. The zero-order valence-corrected chi connectivity index (χ0v) is 9.32. The summed E-state index contributed by atoms with van der Waals surface area (Å²) in [5.41, 5.74) is 2.39. The molecule has 0 radical (unpaired) electrons. The van der Waals surface area contributed by atoms with Crippen molar-refractivity contribution in [3.8, 4) is 0 Å². The van der Waals surface area contributed by atoms with Gasteiger partial charge in [-0.2, -0.15) is 0 Å². The minimum atomic E-state index is 0.213. The summed E-state index contributed by atoms with van der Waals surface area (Å²) in [5, 5.41) is 0. The average molecular weight is 287 g/mol. The maximum atomic E-state index is 11.5. The van der Waals surface area contributed by atoms with Gasteiger partial charge in [-0.05, 0) is 18.1 Å². The maximum absolute atomic E-state index is 11.5. The van der Waals surface area contributed by atoms with Gasteiger partial charge < -0.3 is 4.90 Å². The molecule has 68 valence electrons. The van der Waals surface area contributed by atoms with Crippen LogP contribution in [-0.4, -0.2) is 16.9 Å². The predicted octanol–water partition coefficient (Wildman–Crippen LogP) is 2.01. The Bertz CT molecular complexity index is 337. The van der Waals surface area contributed by atoms with E-state index in [2.05, 4.69) is 28.7 Å². The number of hydrogen-bond acceptors (Lipinski definition) is 1. The van der Waals surface area contributed by atoms with Crippen LogP contribution in [0.1, 0.15) is 5.56 Å². The van der Waals surface area contributed by atoms with E-state index in [9.17, 15) is 4.79 Å². The van der Waals surface area contributed by atoms with Gasteiger partial charge in [0.05, 0.1) is 4.43 Å². The van der Waals surface area contributed by atoms with E-state index >= 15 is 0 Å². The molecule has 0 fully saturated rings. The standard InChI is InChI=1S/C10H10INO/c11-7-10(13)12-6-5-8-3-1-2-4-9(8)12/h1-4H,5-7H2. The molecular formula is C10H10INO. The van der Waals surface area contributed by atoms with Crippen molar-refractivity contribution in [2.45, 2.75) is 6.42 Å². The lowest BCUT2D eigenvalue weighted by molar-refractivity contribution is -0.115.